The molecule has 2 N–H and O–H groups in total. The van der Waals surface area contributed by atoms with Crippen molar-refractivity contribution in [2.45, 2.75) is 30.1 Å². The highest BCUT2D eigenvalue weighted by molar-refractivity contribution is 7.99. The molecular formula is C10H12N4OS. The van der Waals surface area contributed by atoms with Crippen LogP contribution in [0.25, 0.3) is 0 Å². The van der Waals surface area contributed by atoms with Crippen molar-refractivity contribution < 1.29 is 5.11 Å². The van der Waals surface area contributed by atoms with E-state index in [1.54, 1.807) is 19.2 Å². The molecule has 0 fully saturated rings. The molecule has 16 heavy (non-hydrogen) atoms. The molecule has 0 spiro atoms. The van der Waals surface area contributed by atoms with Crippen molar-refractivity contribution in [2.75, 3.05) is 0 Å². The van der Waals surface area contributed by atoms with Gasteiger partial charge in [-0.3, -0.25) is 5.10 Å². The van der Waals surface area contributed by atoms with E-state index in [2.05, 4.69) is 20.2 Å². The highest BCUT2D eigenvalue weighted by Crippen LogP contribution is 2.24. The molecule has 0 amide bonds. The lowest BCUT2D eigenvalue weighted by Crippen LogP contribution is -1.92. The fourth-order valence-corrected chi connectivity index (χ4v) is 1.97. The fourth-order valence-electron chi connectivity index (χ4n) is 1.20. The highest BCUT2D eigenvalue weighted by Gasteiger charge is 2.06. The number of rotatable bonds is 3. The van der Waals surface area contributed by atoms with Crippen molar-refractivity contribution in [3.05, 3.63) is 29.7 Å². The largest absolute Gasteiger partial charge is 0.389 e. The Bertz CT molecular complexity index is 483. The predicted octanol–water partition coefficient (Wildman–Crippen LogP) is 1.71. The highest BCUT2D eigenvalue weighted by atomic mass is 32.2. The molecule has 0 aliphatic rings. The van der Waals surface area contributed by atoms with Crippen LogP contribution in [0.15, 0.2) is 28.5 Å². The minimum Gasteiger partial charge on any atom is -0.389 e. The first kappa shape index (κ1) is 11.1. The van der Waals surface area contributed by atoms with Gasteiger partial charge in [0.2, 0.25) is 5.16 Å². The van der Waals surface area contributed by atoms with Crippen molar-refractivity contribution >= 4 is 11.8 Å². The summed E-state index contributed by atoms with van der Waals surface area (Å²) in [5, 5.41) is 17.6. The zero-order valence-electron chi connectivity index (χ0n) is 9.01. The van der Waals surface area contributed by atoms with Gasteiger partial charge in [0, 0.05) is 6.20 Å². The van der Waals surface area contributed by atoms with E-state index in [4.69, 9.17) is 0 Å². The monoisotopic (exact) mass is 236 g/mol. The van der Waals surface area contributed by atoms with Gasteiger partial charge in [-0.15, -0.1) is 5.10 Å². The fraction of sp³-hybridized carbons (Fsp3) is 0.300. The second kappa shape index (κ2) is 4.63. The molecule has 2 heterocycles. The van der Waals surface area contributed by atoms with Crippen LogP contribution in [0.5, 0.6) is 0 Å². The number of H-pyrrole nitrogens is 1. The van der Waals surface area contributed by atoms with Gasteiger partial charge >= 0.3 is 0 Å². The molecule has 0 bridgehead atoms. The van der Waals surface area contributed by atoms with E-state index >= 15 is 0 Å². The lowest BCUT2D eigenvalue weighted by atomic mass is 10.2. The predicted molar refractivity (Wildman–Crippen MR) is 60.1 cm³/mol. The first-order valence-corrected chi connectivity index (χ1v) is 5.67. The van der Waals surface area contributed by atoms with Crippen LogP contribution in [0, 0.1) is 6.92 Å². The lowest BCUT2D eigenvalue weighted by molar-refractivity contribution is 0.199. The quantitative estimate of drug-likeness (QED) is 0.848. The van der Waals surface area contributed by atoms with E-state index in [0.717, 1.165) is 16.4 Å². The maximum absolute atomic E-state index is 9.44. The summed E-state index contributed by atoms with van der Waals surface area (Å²) in [6.45, 7) is 3.57. The van der Waals surface area contributed by atoms with E-state index in [-0.39, 0.29) is 0 Å². The third-order valence-corrected chi connectivity index (χ3v) is 2.81. The molecule has 0 unspecified atom stereocenters. The number of aromatic amines is 1. The SMILES string of the molecule is Cc1nc(Sc2cc([C@H](C)O)ccn2)n[nH]1. The molecule has 0 aromatic carbocycles. The Hall–Kier alpha value is -1.40. The van der Waals surface area contributed by atoms with E-state index < -0.39 is 6.10 Å². The number of aromatic nitrogens is 4. The van der Waals surface area contributed by atoms with E-state index in [1.807, 2.05) is 13.0 Å². The van der Waals surface area contributed by atoms with Gasteiger partial charge in [-0.25, -0.2) is 9.97 Å². The Morgan fingerprint density at radius 1 is 1.50 bits per heavy atom. The standard InChI is InChI=1S/C10H12N4OS/c1-6(15)8-3-4-11-9(5-8)16-10-12-7(2)13-14-10/h3-6,15H,1-2H3,(H,12,13,14)/t6-/m0/s1. The van der Waals surface area contributed by atoms with E-state index in [9.17, 15) is 5.11 Å². The van der Waals surface area contributed by atoms with Gasteiger partial charge in [-0.05, 0) is 43.3 Å². The Morgan fingerprint density at radius 2 is 2.31 bits per heavy atom. The average molecular weight is 236 g/mol. The van der Waals surface area contributed by atoms with Crippen molar-refractivity contribution in [2.24, 2.45) is 0 Å². The topological polar surface area (TPSA) is 74.7 Å². The number of aliphatic hydroxyl groups is 1. The van der Waals surface area contributed by atoms with Gasteiger partial charge in [0.15, 0.2) is 0 Å². The van der Waals surface area contributed by atoms with Crippen LogP contribution in [0.4, 0.5) is 0 Å². The first-order valence-electron chi connectivity index (χ1n) is 4.86. The zero-order valence-corrected chi connectivity index (χ0v) is 9.82. The summed E-state index contributed by atoms with van der Waals surface area (Å²) in [7, 11) is 0. The van der Waals surface area contributed by atoms with Gasteiger partial charge < -0.3 is 5.11 Å². The van der Waals surface area contributed by atoms with Crippen LogP contribution in [0.3, 0.4) is 0 Å². The maximum atomic E-state index is 9.44. The minimum atomic E-state index is -0.490. The van der Waals surface area contributed by atoms with Gasteiger partial charge in [0.05, 0.1) is 6.10 Å². The Labute approximate surface area is 97.3 Å². The third-order valence-electron chi connectivity index (χ3n) is 2.01. The Kier molecular flexibility index (Phi) is 3.21. The molecule has 2 rings (SSSR count). The number of nitrogens with one attached hydrogen (secondary N) is 1. The molecule has 0 saturated heterocycles. The van der Waals surface area contributed by atoms with Crippen LogP contribution in [-0.4, -0.2) is 25.3 Å². The molecular weight excluding hydrogens is 224 g/mol. The average Bonchev–Trinajstić information content (AvgIpc) is 2.64. The second-order valence-electron chi connectivity index (χ2n) is 3.41. The van der Waals surface area contributed by atoms with Crippen molar-refractivity contribution in [3.63, 3.8) is 0 Å². The molecule has 6 heteroatoms. The van der Waals surface area contributed by atoms with Crippen molar-refractivity contribution in [1.29, 1.82) is 0 Å². The molecule has 84 valence electrons. The van der Waals surface area contributed by atoms with Crippen LogP contribution in [0.2, 0.25) is 0 Å². The number of pyridine rings is 1. The molecule has 0 radical (unpaired) electrons. The van der Waals surface area contributed by atoms with Gasteiger partial charge in [0.1, 0.15) is 10.9 Å². The van der Waals surface area contributed by atoms with Gasteiger partial charge in [-0.2, -0.15) is 0 Å². The summed E-state index contributed by atoms with van der Waals surface area (Å²) in [6.07, 6.45) is 1.18. The third kappa shape index (κ3) is 2.59. The summed E-state index contributed by atoms with van der Waals surface area (Å²) >= 11 is 1.36. The number of hydrogen-bond acceptors (Lipinski definition) is 5. The summed E-state index contributed by atoms with van der Waals surface area (Å²) in [4.78, 5) is 8.36. The molecule has 1 atom stereocenters. The lowest BCUT2D eigenvalue weighted by Gasteiger charge is -2.04. The molecule has 0 aliphatic heterocycles. The number of nitrogens with zero attached hydrogens (tertiary/aromatic N) is 3. The molecule has 2 aromatic heterocycles. The van der Waals surface area contributed by atoms with Crippen LogP contribution < -0.4 is 0 Å². The van der Waals surface area contributed by atoms with E-state index in [1.165, 1.54) is 11.8 Å². The van der Waals surface area contributed by atoms with Crippen LogP contribution in [0.1, 0.15) is 24.4 Å². The van der Waals surface area contributed by atoms with E-state index in [0.29, 0.717) is 5.16 Å². The Morgan fingerprint density at radius 3 is 2.94 bits per heavy atom. The number of hydrogen-bond donors (Lipinski definition) is 2. The molecule has 0 saturated carbocycles. The molecule has 2 aromatic rings. The second-order valence-corrected chi connectivity index (χ2v) is 4.40. The summed E-state index contributed by atoms with van der Waals surface area (Å²) in [5.41, 5.74) is 0.838. The van der Waals surface area contributed by atoms with Crippen LogP contribution in [-0.2, 0) is 0 Å². The Balaban J connectivity index is 2.18. The molecule has 0 aliphatic carbocycles. The van der Waals surface area contributed by atoms with Gasteiger partial charge in [0.25, 0.3) is 0 Å². The number of aryl methyl sites for hydroxylation is 1. The summed E-state index contributed by atoms with van der Waals surface area (Å²) in [6, 6.07) is 3.62. The van der Waals surface area contributed by atoms with Crippen LogP contribution >= 0.6 is 11.8 Å². The smallest absolute Gasteiger partial charge is 0.214 e. The van der Waals surface area contributed by atoms with Gasteiger partial charge in [-0.1, -0.05) is 0 Å². The van der Waals surface area contributed by atoms with Crippen molar-refractivity contribution in [3.8, 4) is 0 Å². The number of aliphatic hydroxyl groups excluding tert-OH is 1. The van der Waals surface area contributed by atoms with Crippen molar-refractivity contribution in [1.82, 2.24) is 20.2 Å². The summed E-state index contributed by atoms with van der Waals surface area (Å²) < 4.78 is 0. The minimum absolute atomic E-state index is 0.490. The first-order chi connectivity index (χ1) is 7.65. The molecule has 5 nitrogen and oxygen atoms in total. The zero-order chi connectivity index (χ0) is 11.5. The maximum Gasteiger partial charge on any atom is 0.214 e. The normalized spacial score (nSPS) is 12.7. The summed E-state index contributed by atoms with van der Waals surface area (Å²) in [5.74, 6) is 0.772.